The predicted octanol–water partition coefficient (Wildman–Crippen LogP) is 0.629. The van der Waals surface area contributed by atoms with Crippen molar-refractivity contribution in [2.24, 2.45) is 5.73 Å². The number of benzene rings is 1. The second-order valence-electron chi connectivity index (χ2n) is 4.80. The van der Waals surface area contributed by atoms with Gasteiger partial charge in [0.1, 0.15) is 11.4 Å². The molecule has 0 radical (unpaired) electrons. The van der Waals surface area contributed by atoms with Crippen LogP contribution in [0.25, 0.3) is 5.69 Å². The second-order valence-corrected chi connectivity index (χ2v) is 4.80. The minimum atomic E-state index is -0.222. The molecular weight excluding hydrogens is 270 g/mol. The largest absolute Gasteiger partial charge is 0.491 e. The number of carbonyl (C=O) groups is 1. The van der Waals surface area contributed by atoms with E-state index in [0.717, 1.165) is 11.4 Å². The molecular formula is C14H19N5O2. The monoisotopic (exact) mass is 289 g/mol. The summed E-state index contributed by atoms with van der Waals surface area (Å²) in [6, 6.07) is 7.56. The van der Waals surface area contributed by atoms with Crippen LogP contribution in [0.15, 0.2) is 30.5 Å². The van der Waals surface area contributed by atoms with Crippen LogP contribution in [0.5, 0.6) is 5.75 Å². The highest BCUT2D eigenvalue weighted by atomic mass is 16.5. The smallest absolute Gasteiger partial charge is 0.234 e. The maximum absolute atomic E-state index is 11.1. The standard InChI is InChI=1S/C14H19N5O2/c1-10(2)21-13-5-3-12(4-6-13)19-9-11(17-18-19)8-16-14(20)7-15/h3-6,9-10H,7-8,15H2,1-2H3,(H,16,20). The van der Waals surface area contributed by atoms with E-state index < -0.39 is 0 Å². The molecule has 0 saturated carbocycles. The van der Waals surface area contributed by atoms with Gasteiger partial charge in [0, 0.05) is 0 Å². The van der Waals surface area contributed by atoms with Crippen LogP contribution in [0, 0.1) is 0 Å². The zero-order chi connectivity index (χ0) is 15.2. The van der Waals surface area contributed by atoms with E-state index in [1.165, 1.54) is 0 Å². The number of nitrogens with one attached hydrogen (secondary N) is 1. The van der Waals surface area contributed by atoms with Gasteiger partial charge >= 0.3 is 0 Å². The van der Waals surface area contributed by atoms with Crippen molar-refractivity contribution in [1.82, 2.24) is 20.3 Å². The topological polar surface area (TPSA) is 95.1 Å². The molecule has 2 aromatic rings. The van der Waals surface area contributed by atoms with E-state index in [9.17, 15) is 4.79 Å². The number of carbonyl (C=O) groups excluding carboxylic acids is 1. The fraction of sp³-hybridized carbons (Fsp3) is 0.357. The van der Waals surface area contributed by atoms with Crippen molar-refractivity contribution in [2.45, 2.75) is 26.5 Å². The molecule has 7 heteroatoms. The lowest BCUT2D eigenvalue weighted by Crippen LogP contribution is -2.29. The van der Waals surface area contributed by atoms with Crippen molar-refractivity contribution in [1.29, 1.82) is 0 Å². The molecule has 0 aliphatic carbocycles. The molecule has 0 aliphatic rings. The molecule has 0 bridgehead atoms. The highest BCUT2D eigenvalue weighted by molar-refractivity contribution is 5.77. The van der Waals surface area contributed by atoms with Crippen molar-refractivity contribution in [3.05, 3.63) is 36.2 Å². The van der Waals surface area contributed by atoms with Crippen LogP contribution >= 0.6 is 0 Å². The molecule has 7 nitrogen and oxygen atoms in total. The van der Waals surface area contributed by atoms with Crippen molar-refractivity contribution in [3.63, 3.8) is 0 Å². The molecule has 1 aromatic heterocycles. The summed E-state index contributed by atoms with van der Waals surface area (Å²) in [6.07, 6.45) is 1.90. The third-order valence-corrected chi connectivity index (χ3v) is 2.67. The molecule has 112 valence electrons. The average Bonchev–Trinajstić information content (AvgIpc) is 2.94. The Kier molecular flexibility index (Phi) is 4.89. The Balaban J connectivity index is 2.02. The highest BCUT2D eigenvalue weighted by Gasteiger charge is 2.05. The Morgan fingerprint density at radius 3 is 2.71 bits per heavy atom. The summed E-state index contributed by atoms with van der Waals surface area (Å²) < 4.78 is 7.22. The molecule has 1 amide bonds. The lowest BCUT2D eigenvalue weighted by atomic mass is 10.3. The van der Waals surface area contributed by atoms with Crippen LogP contribution in [-0.2, 0) is 11.3 Å². The van der Waals surface area contributed by atoms with Crippen LogP contribution in [0.4, 0.5) is 0 Å². The second kappa shape index (κ2) is 6.85. The van der Waals surface area contributed by atoms with Gasteiger partial charge in [-0.2, -0.15) is 0 Å². The van der Waals surface area contributed by atoms with Crippen LogP contribution < -0.4 is 15.8 Å². The maximum atomic E-state index is 11.1. The average molecular weight is 289 g/mol. The van der Waals surface area contributed by atoms with Gasteiger partial charge in [-0.25, -0.2) is 4.68 Å². The molecule has 0 fully saturated rings. The van der Waals surface area contributed by atoms with E-state index in [4.69, 9.17) is 10.5 Å². The summed E-state index contributed by atoms with van der Waals surface area (Å²) >= 11 is 0. The Morgan fingerprint density at radius 1 is 1.38 bits per heavy atom. The first-order valence-electron chi connectivity index (χ1n) is 6.73. The number of nitrogens with two attached hydrogens (primary N) is 1. The summed E-state index contributed by atoms with van der Waals surface area (Å²) in [5, 5.41) is 10.7. The summed E-state index contributed by atoms with van der Waals surface area (Å²) in [7, 11) is 0. The van der Waals surface area contributed by atoms with Crippen LogP contribution in [0.3, 0.4) is 0 Å². The van der Waals surface area contributed by atoms with Crippen molar-refractivity contribution >= 4 is 5.91 Å². The molecule has 0 atom stereocenters. The van der Waals surface area contributed by atoms with Gasteiger partial charge in [-0.3, -0.25) is 4.79 Å². The minimum absolute atomic E-state index is 0.0363. The third-order valence-electron chi connectivity index (χ3n) is 2.67. The van der Waals surface area contributed by atoms with E-state index in [-0.39, 0.29) is 18.6 Å². The highest BCUT2D eigenvalue weighted by Crippen LogP contribution is 2.16. The van der Waals surface area contributed by atoms with E-state index in [0.29, 0.717) is 12.2 Å². The zero-order valence-corrected chi connectivity index (χ0v) is 12.1. The summed E-state index contributed by atoms with van der Waals surface area (Å²) in [4.78, 5) is 11.1. The van der Waals surface area contributed by atoms with E-state index >= 15 is 0 Å². The SMILES string of the molecule is CC(C)Oc1ccc(-n2cc(CNC(=O)CN)nn2)cc1. The van der Waals surface area contributed by atoms with Crippen molar-refractivity contribution in [2.75, 3.05) is 6.54 Å². The van der Waals surface area contributed by atoms with Gasteiger partial charge in [0.15, 0.2) is 0 Å². The first-order chi connectivity index (χ1) is 10.1. The van der Waals surface area contributed by atoms with Crippen molar-refractivity contribution in [3.8, 4) is 11.4 Å². The number of nitrogens with zero attached hydrogens (tertiary/aromatic N) is 3. The first kappa shape index (κ1) is 15.0. The van der Waals surface area contributed by atoms with Crippen LogP contribution in [0.2, 0.25) is 0 Å². The van der Waals surface area contributed by atoms with Gasteiger partial charge in [0.05, 0.1) is 31.1 Å². The fourth-order valence-corrected chi connectivity index (χ4v) is 1.72. The van der Waals surface area contributed by atoms with Gasteiger partial charge in [-0.05, 0) is 38.1 Å². The number of amides is 1. The number of hydrogen-bond donors (Lipinski definition) is 2. The number of ether oxygens (including phenoxy) is 1. The third kappa shape index (κ3) is 4.28. The molecule has 0 spiro atoms. The number of hydrogen-bond acceptors (Lipinski definition) is 5. The number of aromatic nitrogens is 3. The normalized spacial score (nSPS) is 10.7. The first-order valence-corrected chi connectivity index (χ1v) is 6.73. The van der Waals surface area contributed by atoms with Crippen LogP contribution in [0.1, 0.15) is 19.5 Å². The summed E-state index contributed by atoms with van der Waals surface area (Å²) in [5.74, 6) is 0.587. The van der Waals surface area contributed by atoms with E-state index in [1.807, 2.05) is 38.1 Å². The van der Waals surface area contributed by atoms with Crippen LogP contribution in [-0.4, -0.2) is 33.5 Å². The van der Waals surface area contributed by atoms with Gasteiger partial charge in [-0.1, -0.05) is 5.21 Å². The van der Waals surface area contributed by atoms with Gasteiger partial charge in [0.25, 0.3) is 0 Å². The summed E-state index contributed by atoms with van der Waals surface area (Å²) in [6.45, 7) is 4.23. The Morgan fingerprint density at radius 2 is 2.10 bits per heavy atom. The zero-order valence-electron chi connectivity index (χ0n) is 12.1. The van der Waals surface area contributed by atoms with Gasteiger partial charge in [-0.15, -0.1) is 5.10 Å². The molecule has 0 aliphatic heterocycles. The Bertz CT molecular complexity index is 592. The molecule has 0 unspecified atom stereocenters. The van der Waals surface area contributed by atoms with Gasteiger partial charge in [0.2, 0.25) is 5.91 Å². The molecule has 2 rings (SSSR count). The maximum Gasteiger partial charge on any atom is 0.234 e. The van der Waals surface area contributed by atoms with Gasteiger partial charge < -0.3 is 15.8 Å². The Hall–Kier alpha value is -2.41. The predicted molar refractivity (Wildman–Crippen MR) is 78.0 cm³/mol. The van der Waals surface area contributed by atoms with E-state index in [1.54, 1.807) is 10.9 Å². The molecule has 1 aromatic carbocycles. The molecule has 0 saturated heterocycles. The summed E-state index contributed by atoms with van der Waals surface area (Å²) in [5.41, 5.74) is 6.75. The Labute approximate surface area is 123 Å². The lowest BCUT2D eigenvalue weighted by molar-refractivity contribution is -0.119. The lowest BCUT2D eigenvalue weighted by Gasteiger charge is -2.09. The van der Waals surface area contributed by atoms with E-state index in [2.05, 4.69) is 15.6 Å². The molecule has 21 heavy (non-hydrogen) atoms. The quantitative estimate of drug-likeness (QED) is 0.813. The minimum Gasteiger partial charge on any atom is -0.491 e. The fourth-order valence-electron chi connectivity index (χ4n) is 1.72. The van der Waals surface area contributed by atoms with Crippen molar-refractivity contribution < 1.29 is 9.53 Å². The number of rotatable bonds is 6. The molecule has 1 heterocycles. The molecule has 3 N–H and O–H groups in total.